The molecule has 1 aliphatic heterocycles. The zero-order chi connectivity index (χ0) is 13.0. The van der Waals surface area contributed by atoms with Crippen molar-refractivity contribution in [2.45, 2.75) is 77.4 Å². The van der Waals surface area contributed by atoms with Crippen LogP contribution in [0, 0.1) is 11.8 Å². The van der Waals surface area contributed by atoms with Crippen LogP contribution in [0.25, 0.3) is 0 Å². The molecule has 0 amide bonds. The van der Waals surface area contributed by atoms with Gasteiger partial charge in [0.15, 0.2) is 0 Å². The predicted molar refractivity (Wildman–Crippen MR) is 76.8 cm³/mol. The van der Waals surface area contributed by atoms with Gasteiger partial charge in [-0.1, -0.05) is 27.2 Å². The summed E-state index contributed by atoms with van der Waals surface area (Å²) >= 11 is 0. The molecule has 3 unspecified atom stereocenters. The molecule has 2 rings (SSSR count). The highest BCUT2D eigenvalue weighted by atomic mass is 16.5. The van der Waals surface area contributed by atoms with E-state index in [9.17, 15) is 0 Å². The van der Waals surface area contributed by atoms with Crippen molar-refractivity contribution in [1.82, 2.24) is 5.32 Å². The Bertz CT molecular complexity index is 249. The van der Waals surface area contributed by atoms with Crippen LogP contribution in [-0.4, -0.2) is 24.8 Å². The van der Waals surface area contributed by atoms with Crippen molar-refractivity contribution in [3.05, 3.63) is 0 Å². The monoisotopic (exact) mass is 253 g/mol. The molecule has 0 radical (unpaired) electrons. The second-order valence-corrected chi connectivity index (χ2v) is 6.49. The van der Waals surface area contributed by atoms with Crippen LogP contribution in [0.4, 0.5) is 0 Å². The van der Waals surface area contributed by atoms with Gasteiger partial charge in [0.2, 0.25) is 0 Å². The summed E-state index contributed by atoms with van der Waals surface area (Å²) in [7, 11) is 0. The van der Waals surface area contributed by atoms with Gasteiger partial charge in [-0.05, 0) is 56.9 Å². The summed E-state index contributed by atoms with van der Waals surface area (Å²) in [6.07, 6.45) is 9.21. The van der Waals surface area contributed by atoms with E-state index in [1.165, 1.54) is 44.9 Å². The Morgan fingerprint density at radius 3 is 2.67 bits per heavy atom. The SMILES string of the molecule is CCCC(C)C(NCC)C1CCOC2(CCC2)C1. The summed E-state index contributed by atoms with van der Waals surface area (Å²) in [6, 6.07) is 0.705. The van der Waals surface area contributed by atoms with E-state index in [0.717, 1.165) is 25.0 Å². The molecular formula is C16H31NO. The fourth-order valence-electron chi connectivity index (χ4n) is 3.99. The lowest BCUT2D eigenvalue weighted by Gasteiger charge is -2.49. The van der Waals surface area contributed by atoms with Gasteiger partial charge < -0.3 is 10.1 Å². The molecule has 0 aromatic carbocycles. The minimum absolute atomic E-state index is 0.294. The lowest BCUT2D eigenvalue weighted by atomic mass is 9.68. The molecule has 1 saturated heterocycles. The molecule has 2 nitrogen and oxygen atoms in total. The molecule has 2 heteroatoms. The van der Waals surface area contributed by atoms with Gasteiger partial charge in [0.25, 0.3) is 0 Å². The topological polar surface area (TPSA) is 21.3 Å². The Balaban J connectivity index is 1.96. The zero-order valence-electron chi connectivity index (χ0n) is 12.5. The van der Waals surface area contributed by atoms with Crippen molar-refractivity contribution < 1.29 is 4.74 Å². The maximum atomic E-state index is 6.07. The van der Waals surface area contributed by atoms with Crippen LogP contribution in [0.1, 0.15) is 65.7 Å². The van der Waals surface area contributed by atoms with Crippen LogP contribution in [0.15, 0.2) is 0 Å². The van der Waals surface area contributed by atoms with Crippen LogP contribution in [-0.2, 0) is 4.74 Å². The average Bonchev–Trinajstić information content (AvgIpc) is 2.34. The van der Waals surface area contributed by atoms with Gasteiger partial charge in [-0.2, -0.15) is 0 Å². The lowest BCUT2D eigenvalue weighted by Crippen LogP contribution is -2.51. The smallest absolute Gasteiger partial charge is 0.0685 e. The summed E-state index contributed by atoms with van der Waals surface area (Å²) < 4.78 is 6.07. The molecule has 3 atom stereocenters. The summed E-state index contributed by atoms with van der Waals surface area (Å²) in [5.74, 6) is 1.63. The highest BCUT2D eigenvalue weighted by Crippen LogP contribution is 2.45. The molecule has 1 saturated carbocycles. The van der Waals surface area contributed by atoms with Crippen molar-refractivity contribution in [3.8, 4) is 0 Å². The third-order valence-electron chi connectivity index (χ3n) is 5.10. The maximum absolute atomic E-state index is 6.07. The normalized spacial score (nSPS) is 29.8. The van der Waals surface area contributed by atoms with Gasteiger partial charge in [0, 0.05) is 12.6 Å². The Morgan fingerprint density at radius 2 is 2.11 bits per heavy atom. The van der Waals surface area contributed by atoms with E-state index in [1.54, 1.807) is 0 Å². The van der Waals surface area contributed by atoms with Crippen LogP contribution in [0.3, 0.4) is 0 Å². The average molecular weight is 253 g/mol. The van der Waals surface area contributed by atoms with Crippen LogP contribution < -0.4 is 5.32 Å². The summed E-state index contributed by atoms with van der Waals surface area (Å²) in [5, 5.41) is 3.77. The quantitative estimate of drug-likeness (QED) is 0.778. The molecule has 0 aromatic heterocycles. The first-order valence-corrected chi connectivity index (χ1v) is 8.08. The highest BCUT2D eigenvalue weighted by Gasteiger charge is 2.44. The number of nitrogens with one attached hydrogen (secondary N) is 1. The molecule has 1 heterocycles. The summed E-state index contributed by atoms with van der Waals surface area (Å²) in [6.45, 7) is 9.06. The van der Waals surface area contributed by atoms with Gasteiger partial charge in [0.1, 0.15) is 0 Å². The molecule has 1 spiro atoms. The molecule has 106 valence electrons. The van der Waals surface area contributed by atoms with E-state index < -0.39 is 0 Å². The number of hydrogen-bond donors (Lipinski definition) is 1. The van der Waals surface area contributed by atoms with Crippen molar-refractivity contribution in [3.63, 3.8) is 0 Å². The molecule has 18 heavy (non-hydrogen) atoms. The highest BCUT2D eigenvalue weighted by molar-refractivity contribution is 4.97. The maximum Gasteiger partial charge on any atom is 0.0685 e. The molecule has 2 aliphatic rings. The Labute approximate surface area is 113 Å². The Kier molecular flexibility index (Phi) is 5.08. The fraction of sp³-hybridized carbons (Fsp3) is 1.00. The molecule has 1 N–H and O–H groups in total. The predicted octanol–water partition coefficient (Wildman–Crippen LogP) is 3.75. The summed E-state index contributed by atoms with van der Waals surface area (Å²) in [5.41, 5.74) is 0.294. The van der Waals surface area contributed by atoms with Crippen molar-refractivity contribution in [1.29, 1.82) is 0 Å². The van der Waals surface area contributed by atoms with Crippen molar-refractivity contribution in [2.75, 3.05) is 13.2 Å². The Hall–Kier alpha value is -0.0800. The summed E-state index contributed by atoms with van der Waals surface area (Å²) in [4.78, 5) is 0. The van der Waals surface area contributed by atoms with Gasteiger partial charge >= 0.3 is 0 Å². The third-order valence-corrected chi connectivity index (χ3v) is 5.10. The second-order valence-electron chi connectivity index (χ2n) is 6.49. The molecular weight excluding hydrogens is 222 g/mol. The molecule has 0 bridgehead atoms. The first-order chi connectivity index (χ1) is 8.71. The van der Waals surface area contributed by atoms with Crippen molar-refractivity contribution in [2.24, 2.45) is 11.8 Å². The molecule has 0 aromatic rings. The van der Waals surface area contributed by atoms with Crippen LogP contribution in [0.2, 0.25) is 0 Å². The van der Waals surface area contributed by atoms with E-state index in [-0.39, 0.29) is 0 Å². The number of rotatable bonds is 6. The fourth-order valence-corrected chi connectivity index (χ4v) is 3.99. The van der Waals surface area contributed by atoms with Crippen LogP contribution in [0.5, 0.6) is 0 Å². The first-order valence-electron chi connectivity index (χ1n) is 8.08. The minimum Gasteiger partial charge on any atom is -0.375 e. The standard InChI is InChI=1S/C16H31NO/c1-4-7-13(3)15(17-5-2)14-8-11-18-16(12-14)9-6-10-16/h13-15,17H,4-12H2,1-3H3. The van der Waals surface area contributed by atoms with Gasteiger partial charge in [-0.3, -0.25) is 0 Å². The lowest BCUT2D eigenvalue weighted by molar-refractivity contribution is -0.149. The van der Waals surface area contributed by atoms with Gasteiger partial charge in [-0.25, -0.2) is 0 Å². The third kappa shape index (κ3) is 3.08. The largest absolute Gasteiger partial charge is 0.375 e. The van der Waals surface area contributed by atoms with Gasteiger partial charge in [0.05, 0.1) is 5.60 Å². The number of hydrogen-bond acceptors (Lipinski definition) is 2. The Morgan fingerprint density at radius 1 is 1.33 bits per heavy atom. The molecule has 2 fully saturated rings. The van der Waals surface area contributed by atoms with E-state index in [4.69, 9.17) is 4.74 Å². The zero-order valence-corrected chi connectivity index (χ0v) is 12.5. The molecule has 1 aliphatic carbocycles. The number of ether oxygens (including phenoxy) is 1. The van der Waals surface area contributed by atoms with Crippen molar-refractivity contribution >= 4 is 0 Å². The first kappa shape index (κ1) is 14.3. The van der Waals surface area contributed by atoms with Crippen LogP contribution >= 0.6 is 0 Å². The van der Waals surface area contributed by atoms with E-state index in [2.05, 4.69) is 26.1 Å². The second kappa shape index (κ2) is 6.38. The van der Waals surface area contributed by atoms with Gasteiger partial charge in [-0.15, -0.1) is 0 Å². The van der Waals surface area contributed by atoms with E-state index in [0.29, 0.717) is 11.6 Å². The van der Waals surface area contributed by atoms with E-state index >= 15 is 0 Å². The minimum atomic E-state index is 0.294. The van der Waals surface area contributed by atoms with E-state index in [1.807, 2.05) is 0 Å².